The first kappa shape index (κ1) is 31.0. The second-order valence-corrected chi connectivity index (χ2v) is 9.34. The normalized spacial score (nSPS) is 13.7. The number of carbonyl (C=O) groups excluding carboxylic acids is 2. The average Bonchev–Trinajstić information content (AvgIpc) is 3.66. The van der Waals surface area contributed by atoms with E-state index in [0.717, 1.165) is 18.7 Å². The van der Waals surface area contributed by atoms with Crippen molar-refractivity contribution in [3.8, 4) is 11.3 Å². The molecule has 1 aliphatic rings. The first-order valence-corrected chi connectivity index (χ1v) is 12.7. The largest absolute Gasteiger partial charge is 0.453 e. The van der Waals surface area contributed by atoms with Crippen LogP contribution >= 0.6 is 0 Å². The maximum Gasteiger partial charge on any atom is 0.407 e. The Morgan fingerprint density at radius 1 is 1.28 bits per heavy atom. The minimum atomic E-state index is -0.489. The van der Waals surface area contributed by atoms with Crippen molar-refractivity contribution in [1.82, 2.24) is 20.6 Å². The summed E-state index contributed by atoms with van der Waals surface area (Å²) in [5.74, 6) is 1.65. The van der Waals surface area contributed by atoms with E-state index in [4.69, 9.17) is 4.98 Å². The van der Waals surface area contributed by atoms with Crippen LogP contribution in [0.25, 0.3) is 16.8 Å². The van der Waals surface area contributed by atoms with Crippen molar-refractivity contribution in [1.29, 1.82) is 0 Å². The number of nitrogens with one attached hydrogen (secondary N) is 4. The molecular weight excluding hydrogens is 499 g/mol. The number of ether oxygens (including phenoxy) is 1. The Bertz CT molecular complexity index is 1250. The zero-order chi connectivity index (χ0) is 29.1. The predicted octanol–water partition coefficient (Wildman–Crippen LogP) is 5.57. The van der Waals surface area contributed by atoms with Gasteiger partial charge in [-0.05, 0) is 69.9 Å². The molecule has 0 unspecified atom stereocenters. The van der Waals surface area contributed by atoms with Gasteiger partial charge in [0, 0.05) is 30.8 Å². The van der Waals surface area contributed by atoms with Crippen LogP contribution in [0.15, 0.2) is 54.2 Å². The number of ketones is 1. The van der Waals surface area contributed by atoms with Gasteiger partial charge in [0.1, 0.15) is 5.82 Å². The van der Waals surface area contributed by atoms with Gasteiger partial charge >= 0.3 is 6.09 Å². The van der Waals surface area contributed by atoms with Crippen molar-refractivity contribution in [2.24, 2.45) is 4.99 Å². The summed E-state index contributed by atoms with van der Waals surface area (Å²) in [6.07, 6.45) is 5.17. The number of amides is 1. The number of nitrogens with zero attached hydrogens (tertiary/aromatic N) is 2. The first-order valence-electron chi connectivity index (χ1n) is 12.7. The summed E-state index contributed by atoms with van der Waals surface area (Å²) >= 11 is 0. The summed E-state index contributed by atoms with van der Waals surface area (Å²) in [4.78, 5) is 33.7. The van der Waals surface area contributed by atoms with Crippen molar-refractivity contribution >= 4 is 29.0 Å². The lowest BCUT2D eigenvalue weighted by atomic mass is 10.0. The number of aromatic nitrogens is 2. The fourth-order valence-electron chi connectivity index (χ4n) is 3.25. The van der Waals surface area contributed by atoms with Crippen molar-refractivity contribution in [2.45, 2.75) is 52.5 Å². The fraction of sp³-hybridized carbons (Fsp3) is 0.379. The molecule has 0 spiro atoms. The molecule has 2 aromatic rings. The Morgan fingerprint density at radius 3 is 2.51 bits per heavy atom. The first-order chi connectivity index (χ1) is 18.5. The van der Waals surface area contributed by atoms with Crippen LogP contribution in [0.1, 0.15) is 58.0 Å². The number of hydrogen-bond donors (Lipinski definition) is 4. The molecule has 1 saturated carbocycles. The lowest BCUT2D eigenvalue weighted by molar-refractivity contribution is -0.113. The SMILES string of the molecule is C=C(/C=C\NC(C)=NC[C@H](C)NC(=O)OC)c1nc(C2CC2)[nH]c1-c1cccc(NC)c1F.C=C(C)C(C)=O. The molecule has 1 heterocycles. The number of hydrogen-bond acceptors (Lipinski definition) is 6. The Labute approximate surface area is 229 Å². The summed E-state index contributed by atoms with van der Waals surface area (Å²) in [7, 11) is 3.01. The van der Waals surface area contributed by atoms with Crippen molar-refractivity contribution in [3.05, 3.63) is 66.5 Å². The third-order valence-electron chi connectivity index (χ3n) is 5.86. The highest BCUT2D eigenvalue weighted by Crippen LogP contribution is 2.41. The molecule has 0 bridgehead atoms. The van der Waals surface area contributed by atoms with Crippen LogP contribution in [-0.2, 0) is 9.53 Å². The Morgan fingerprint density at radius 2 is 1.95 bits per heavy atom. The number of allylic oxidation sites excluding steroid dienone is 3. The predicted molar refractivity (Wildman–Crippen MR) is 155 cm³/mol. The highest BCUT2D eigenvalue weighted by Gasteiger charge is 2.29. The molecule has 9 nitrogen and oxygen atoms in total. The smallest absolute Gasteiger partial charge is 0.407 e. The molecule has 1 aromatic carbocycles. The number of alkyl carbamates (subject to hydrolysis) is 1. The molecule has 4 N–H and O–H groups in total. The molecule has 3 rings (SSSR count). The van der Waals surface area contributed by atoms with Crippen LogP contribution in [0.3, 0.4) is 0 Å². The van der Waals surface area contributed by atoms with Crippen molar-refractivity contribution in [3.63, 3.8) is 0 Å². The number of aliphatic imine (C=N–C) groups is 1. The molecule has 39 heavy (non-hydrogen) atoms. The van der Waals surface area contributed by atoms with E-state index in [1.165, 1.54) is 14.0 Å². The number of imidazole rings is 1. The molecule has 1 aliphatic carbocycles. The molecule has 10 heteroatoms. The third-order valence-corrected chi connectivity index (χ3v) is 5.86. The van der Waals surface area contributed by atoms with Crippen LogP contribution in [0.5, 0.6) is 0 Å². The van der Waals surface area contributed by atoms with Crippen LogP contribution in [-0.4, -0.2) is 54.4 Å². The van der Waals surface area contributed by atoms with Gasteiger partial charge in [0.15, 0.2) is 11.6 Å². The van der Waals surface area contributed by atoms with Crippen LogP contribution in [0.2, 0.25) is 0 Å². The molecular formula is C29H39FN6O3. The summed E-state index contributed by atoms with van der Waals surface area (Å²) < 4.78 is 19.6. The van der Waals surface area contributed by atoms with E-state index in [9.17, 15) is 9.59 Å². The van der Waals surface area contributed by atoms with Crippen LogP contribution < -0.4 is 16.0 Å². The van der Waals surface area contributed by atoms with Crippen molar-refractivity contribution < 1.29 is 18.7 Å². The lowest BCUT2D eigenvalue weighted by Crippen LogP contribution is -2.35. The minimum Gasteiger partial charge on any atom is -0.453 e. The third kappa shape index (κ3) is 9.55. The van der Waals surface area contributed by atoms with Gasteiger partial charge in [0.2, 0.25) is 0 Å². The van der Waals surface area contributed by atoms with E-state index in [1.807, 2.05) is 19.9 Å². The van der Waals surface area contributed by atoms with Gasteiger partial charge in [-0.2, -0.15) is 0 Å². The molecule has 1 atom stereocenters. The van der Waals surface area contributed by atoms with E-state index in [1.54, 1.807) is 38.4 Å². The van der Waals surface area contributed by atoms with Gasteiger partial charge in [-0.15, -0.1) is 0 Å². The van der Waals surface area contributed by atoms with Crippen molar-refractivity contribution in [2.75, 3.05) is 26.0 Å². The zero-order valence-electron chi connectivity index (χ0n) is 23.6. The van der Waals surface area contributed by atoms with Gasteiger partial charge in [-0.25, -0.2) is 14.2 Å². The zero-order valence-corrected chi connectivity index (χ0v) is 23.6. The number of rotatable bonds is 10. The van der Waals surface area contributed by atoms with E-state index < -0.39 is 6.09 Å². The lowest BCUT2D eigenvalue weighted by Gasteiger charge is -2.10. The average molecular weight is 539 g/mol. The number of benzene rings is 1. The standard InChI is InChI=1S/C24H31FN6O2.C5H8O/c1-14(11-12-27-16(3)28-13-15(2)29-24(32)33-5)21-22(31-23(30-21)17-9-10-17)18-7-6-8-19(26-4)20(18)25;1-4(2)5(3)6/h6-8,11-12,15,17,26H,1,9-10,13H2,2-5H3,(H,27,28)(H,29,32)(H,30,31);1H2,2-3H3/b12-11-;/t15-;/m0./s1. The number of H-pyrrole nitrogens is 1. The number of aromatic amines is 1. The number of anilines is 1. The maximum atomic E-state index is 15.0. The maximum absolute atomic E-state index is 15.0. The van der Waals surface area contributed by atoms with Gasteiger partial charge in [0.05, 0.1) is 36.6 Å². The highest BCUT2D eigenvalue weighted by atomic mass is 19.1. The Kier molecular flexibility index (Phi) is 11.7. The van der Waals surface area contributed by atoms with E-state index in [-0.39, 0.29) is 17.6 Å². The fourth-order valence-corrected chi connectivity index (χ4v) is 3.25. The highest BCUT2D eigenvalue weighted by molar-refractivity contribution is 5.91. The number of methoxy groups -OCH3 is 1. The van der Waals surface area contributed by atoms with Crippen LogP contribution in [0.4, 0.5) is 14.9 Å². The molecule has 1 fully saturated rings. The summed E-state index contributed by atoms with van der Waals surface area (Å²) in [5.41, 5.74) is 3.37. The van der Waals surface area contributed by atoms with Gasteiger partial charge in [0.25, 0.3) is 0 Å². The Balaban J connectivity index is 0.000000798. The van der Waals surface area contributed by atoms with E-state index in [2.05, 4.69) is 43.8 Å². The molecule has 1 amide bonds. The topological polar surface area (TPSA) is 120 Å². The van der Waals surface area contributed by atoms with Gasteiger partial charge in [-0.3, -0.25) is 9.79 Å². The Hall–Kier alpha value is -4.21. The molecule has 0 saturated heterocycles. The summed E-state index contributed by atoms with van der Waals surface area (Å²) in [6, 6.07) is 5.07. The minimum absolute atomic E-state index is 0.0648. The molecule has 210 valence electrons. The summed E-state index contributed by atoms with van der Waals surface area (Å²) in [6.45, 7) is 14.8. The van der Waals surface area contributed by atoms with E-state index >= 15 is 4.39 Å². The van der Waals surface area contributed by atoms with Gasteiger partial charge < -0.3 is 25.7 Å². The molecule has 0 radical (unpaired) electrons. The number of carbonyl (C=O) groups is 2. The quantitative estimate of drug-likeness (QED) is 0.136. The van der Waals surface area contributed by atoms with Crippen LogP contribution in [0, 0.1) is 5.82 Å². The molecule has 1 aromatic heterocycles. The number of amidine groups is 1. The summed E-state index contributed by atoms with van der Waals surface area (Å²) in [5, 5.41) is 8.61. The van der Waals surface area contributed by atoms with Gasteiger partial charge in [-0.1, -0.05) is 19.2 Å². The number of halogens is 1. The van der Waals surface area contributed by atoms with E-state index in [0.29, 0.717) is 52.1 Å². The second kappa shape index (κ2) is 14.7. The molecule has 0 aliphatic heterocycles. The monoisotopic (exact) mass is 538 g/mol. The second-order valence-electron chi connectivity index (χ2n) is 9.34. The number of Topliss-reactive ketones (excluding diaryl/α,β-unsaturated/α-hetero) is 1.